The minimum absolute atomic E-state index is 0.306. The molecule has 0 aromatic rings. The van der Waals surface area contributed by atoms with Crippen molar-refractivity contribution in [1.29, 1.82) is 0 Å². The van der Waals surface area contributed by atoms with Crippen molar-refractivity contribution in [2.24, 2.45) is 11.8 Å². The van der Waals surface area contributed by atoms with E-state index in [4.69, 9.17) is 10.6 Å². The molecule has 16 heavy (non-hydrogen) atoms. The maximum atomic E-state index is 5.99. The van der Waals surface area contributed by atoms with Crippen LogP contribution in [0.4, 0.5) is 0 Å². The number of nitrogens with one attached hydrogen (secondary N) is 1. The predicted octanol–water partition coefficient (Wildman–Crippen LogP) is 0.482. The third-order valence-corrected chi connectivity index (χ3v) is 4.36. The fraction of sp³-hybridized carbons (Fsp3) is 1.00. The van der Waals surface area contributed by atoms with Crippen LogP contribution in [0.25, 0.3) is 0 Å². The molecule has 2 saturated heterocycles. The molecule has 3 aliphatic rings. The van der Waals surface area contributed by atoms with E-state index >= 15 is 0 Å². The van der Waals surface area contributed by atoms with Crippen LogP contribution in [0.5, 0.6) is 0 Å². The van der Waals surface area contributed by atoms with E-state index in [1.165, 1.54) is 38.6 Å². The average Bonchev–Trinajstić information content (AvgIpc) is 3.01. The van der Waals surface area contributed by atoms with E-state index in [2.05, 4.69) is 10.3 Å². The summed E-state index contributed by atoms with van der Waals surface area (Å²) in [7, 11) is 0. The summed E-state index contributed by atoms with van der Waals surface area (Å²) in [5.41, 5.74) is 2.97. The van der Waals surface area contributed by atoms with E-state index in [9.17, 15) is 0 Å². The van der Waals surface area contributed by atoms with Crippen LogP contribution in [0.2, 0.25) is 0 Å². The minimum atomic E-state index is 0.306. The maximum absolute atomic E-state index is 5.99. The topological polar surface area (TPSA) is 50.5 Å². The number of ether oxygens (including phenoxy) is 1. The lowest BCUT2D eigenvalue weighted by Crippen LogP contribution is -2.55. The van der Waals surface area contributed by atoms with Crippen molar-refractivity contribution >= 4 is 0 Å². The van der Waals surface area contributed by atoms with Crippen molar-refractivity contribution < 1.29 is 4.74 Å². The van der Waals surface area contributed by atoms with Crippen LogP contribution in [0.3, 0.4) is 0 Å². The summed E-state index contributed by atoms with van der Waals surface area (Å²) in [6.07, 6.45) is 6.92. The van der Waals surface area contributed by atoms with E-state index < -0.39 is 0 Å². The summed E-state index contributed by atoms with van der Waals surface area (Å²) in [5.74, 6) is 6.57. The molecule has 1 saturated carbocycles. The van der Waals surface area contributed by atoms with Gasteiger partial charge in [-0.25, -0.2) is 0 Å². The van der Waals surface area contributed by atoms with Crippen LogP contribution in [0.15, 0.2) is 0 Å². The van der Waals surface area contributed by atoms with Gasteiger partial charge in [-0.05, 0) is 31.7 Å². The summed E-state index contributed by atoms with van der Waals surface area (Å²) >= 11 is 0. The second-order valence-corrected chi connectivity index (χ2v) is 5.62. The summed E-state index contributed by atoms with van der Waals surface area (Å²) in [4.78, 5) is 2.59. The van der Waals surface area contributed by atoms with Crippen molar-refractivity contribution in [2.75, 3.05) is 19.7 Å². The van der Waals surface area contributed by atoms with Crippen LogP contribution in [0, 0.1) is 5.92 Å². The number of rotatable bonds is 4. The van der Waals surface area contributed by atoms with Gasteiger partial charge in [-0.3, -0.25) is 16.2 Å². The van der Waals surface area contributed by atoms with Gasteiger partial charge in [0.05, 0.1) is 12.7 Å². The third-order valence-electron chi connectivity index (χ3n) is 4.36. The zero-order valence-corrected chi connectivity index (χ0v) is 9.90. The van der Waals surface area contributed by atoms with Gasteiger partial charge in [0, 0.05) is 18.6 Å². The van der Waals surface area contributed by atoms with E-state index in [0.29, 0.717) is 18.2 Å². The van der Waals surface area contributed by atoms with Crippen molar-refractivity contribution in [1.82, 2.24) is 10.3 Å². The highest BCUT2D eigenvalue weighted by molar-refractivity contribution is 4.91. The summed E-state index contributed by atoms with van der Waals surface area (Å²) < 4.78 is 5.99. The van der Waals surface area contributed by atoms with Crippen LogP contribution < -0.4 is 11.3 Å². The second-order valence-electron chi connectivity index (χ2n) is 5.62. The Bertz CT molecular complexity index is 244. The second kappa shape index (κ2) is 4.61. The van der Waals surface area contributed by atoms with Crippen molar-refractivity contribution in [2.45, 2.75) is 50.3 Å². The zero-order valence-electron chi connectivity index (χ0n) is 9.90. The first-order chi connectivity index (χ1) is 7.86. The van der Waals surface area contributed by atoms with Crippen molar-refractivity contribution in [3.05, 3.63) is 0 Å². The monoisotopic (exact) mass is 225 g/mol. The molecule has 0 spiro atoms. The van der Waals surface area contributed by atoms with Crippen LogP contribution in [0.1, 0.15) is 32.1 Å². The molecule has 0 aromatic carbocycles. The quantitative estimate of drug-likeness (QED) is 0.540. The Morgan fingerprint density at radius 2 is 2.25 bits per heavy atom. The number of fused-ring (bicyclic) bond motifs is 1. The van der Waals surface area contributed by atoms with Crippen LogP contribution in [-0.4, -0.2) is 42.8 Å². The Morgan fingerprint density at radius 3 is 3.00 bits per heavy atom. The molecule has 4 nitrogen and oxygen atoms in total. The number of nitrogens with zero attached hydrogens (tertiary/aromatic N) is 1. The van der Waals surface area contributed by atoms with Crippen molar-refractivity contribution in [3.8, 4) is 0 Å². The molecule has 0 aromatic heterocycles. The van der Waals surface area contributed by atoms with E-state index in [0.717, 1.165) is 19.1 Å². The van der Waals surface area contributed by atoms with Crippen molar-refractivity contribution in [3.63, 3.8) is 0 Å². The van der Waals surface area contributed by atoms with Gasteiger partial charge in [0.25, 0.3) is 0 Å². The van der Waals surface area contributed by atoms with E-state index in [1.807, 2.05) is 0 Å². The highest BCUT2D eigenvalue weighted by Crippen LogP contribution is 2.35. The Morgan fingerprint density at radius 1 is 1.38 bits per heavy atom. The lowest BCUT2D eigenvalue weighted by molar-refractivity contribution is -0.0663. The van der Waals surface area contributed by atoms with Gasteiger partial charge in [-0.15, -0.1) is 0 Å². The molecule has 2 aliphatic heterocycles. The van der Waals surface area contributed by atoms with Gasteiger partial charge in [-0.1, -0.05) is 12.8 Å². The fourth-order valence-corrected chi connectivity index (χ4v) is 3.13. The van der Waals surface area contributed by atoms with Gasteiger partial charge in [0.1, 0.15) is 0 Å². The largest absolute Gasteiger partial charge is 0.374 e. The Hall–Kier alpha value is -0.160. The molecular formula is C12H23N3O. The zero-order chi connectivity index (χ0) is 11.0. The molecule has 3 unspecified atom stereocenters. The predicted molar refractivity (Wildman–Crippen MR) is 62.8 cm³/mol. The minimum Gasteiger partial charge on any atom is -0.374 e. The van der Waals surface area contributed by atoms with Crippen LogP contribution >= 0.6 is 0 Å². The standard InChI is InChI=1S/C12H23N3O/c13-14-11(6-9-3-4-9)12-7-15-5-1-2-10(15)8-16-12/h9-12,14H,1-8,13H2. The molecule has 0 amide bonds. The molecule has 3 N–H and O–H groups in total. The maximum Gasteiger partial charge on any atom is 0.0869 e. The number of nitrogens with two attached hydrogens (primary N) is 1. The highest BCUT2D eigenvalue weighted by atomic mass is 16.5. The smallest absolute Gasteiger partial charge is 0.0869 e. The Labute approximate surface area is 97.5 Å². The lowest BCUT2D eigenvalue weighted by atomic mass is 10.0. The summed E-state index contributed by atoms with van der Waals surface area (Å²) in [5, 5.41) is 0. The van der Waals surface area contributed by atoms with E-state index in [-0.39, 0.29) is 0 Å². The van der Waals surface area contributed by atoms with Crippen LogP contribution in [-0.2, 0) is 4.74 Å². The third kappa shape index (κ3) is 2.25. The molecule has 3 rings (SSSR count). The highest BCUT2D eigenvalue weighted by Gasteiger charge is 2.37. The first kappa shape index (κ1) is 11.0. The number of hydrogen-bond donors (Lipinski definition) is 2. The summed E-state index contributed by atoms with van der Waals surface area (Å²) in [6.45, 7) is 3.24. The molecule has 0 radical (unpaired) electrons. The van der Waals surface area contributed by atoms with Gasteiger partial charge in [0.2, 0.25) is 0 Å². The average molecular weight is 225 g/mol. The molecule has 92 valence electrons. The molecular weight excluding hydrogens is 202 g/mol. The SMILES string of the molecule is NNC(CC1CC1)C1CN2CCCC2CO1. The molecule has 3 fully saturated rings. The molecule has 4 heteroatoms. The fourth-order valence-electron chi connectivity index (χ4n) is 3.13. The van der Waals surface area contributed by atoms with Gasteiger partial charge < -0.3 is 4.74 Å². The Balaban J connectivity index is 1.56. The number of morpholine rings is 1. The molecule has 3 atom stereocenters. The van der Waals surface area contributed by atoms with Gasteiger partial charge >= 0.3 is 0 Å². The molecule has 0 bridgehead atoms. The molecule has 2 heterocycles. The number of hydrogen-bond acceptors (Lipinski definition) is 4. The van der Waals surface area contributed by atoms with Gasteiger partial charge in [0.15, 0.2) is 0 Å². The van der Waals surface area contributed by atoms with E-state index in [1.54, 1.807) is 0 Å². The lowest BCUT2D eigenvalue weighted by Gasteiger charge is -2.38. The summed E-state index contributed by atoms with van der Waals surface area (Å²) in [6, 6.07) is 1.05. The first-order valence-corrected chi connectivity index (χ1v) is 6.68. The van der Waals surface area contributed by atoms with Gasteiger partial charge in [-0.2, -0.15) is 0 Å². The number of hydrazine groups is 1. The Kier molecular flexibility index (Phi) is 3.16. The first-order valence-electron chi connectivity index (χ1n) is 6.68. The molecule has 1 aliphatic carbocycles. The normalized spacial score (nSPS) is 37.3.